The molecule has 3 aliphatic heterocycles. The lowest BCUT2D eigenvalue weighted by Gasteiger charge is -2.36. The molecule has 0 bridgehead atoms. The fourth-order valence-electron chi connectivity index (χ4n) is 5.17. The van der Waals surface area contributed by atoms with Crippen molar-refractivity contribution in [1.82, 2.24) is 14.9 Å². The van der Waals surface area contributed by atoms with Crippen molar-refractivity contribution in [2.45, 2.75) is 44.6 Å². The standard InChI is InChI=1S/C27H33ClN6O4/c1-19(2)20-6-3-4-8-22(20)30-26(36)37-34-12-9-27(10-13-34)18-23(31-38-27)25(35)33-16-14-32(15-17-33)24-21(28)7-5-11-29-24/h3-8,11,19H,9-10,12-18H2,1-2H3,(H,30,36). The van der Waals surface area contributed by atoms with E-state index in [1.54, 1.807) is 17.3 Å². The number of carbonyl (C=O) groups is 2. The lowest BCUT2D eigenvalue weighted by Crippen LogP contribution is -2.51. The summed E-state index contributed by atoms with van der Waals surface area (Å²) >= 11 is 6.28. The zero-order valence-electron chi connectivity index (χ0n) is 21.7. The molecule has 202 valence electrons. The number of hydrogen-bond acceptors (Lipinski definition) is 8. The molecule has 38 heavy (non-hydrogen) atoms. The highest BCUT2D eigenvalue weighted by atomic mass is 35.5. The maximum Gasteiger partial charge on any atom is 0.430 e. The Morgan fingerprint density at radius 1 is 1.05 bits per heavy atom. The number of nitrogens with one attached hydrogen (secondary N) is 1. The lowest BCUT2D eigenvalue weighted by molar-refractivity contribution is -0.154. The number of pyridine rings is 1. The van der Waals surface area contributed by atoms with Crippen LogP contribution < -0.4 is 10.2 Å². The van der Waals surface area contributed by atoms with Crippen LogP contribution >= 0.6 is 11.6 Å². The van der Waals surface area contributed by atoms with E-state index in [9.17, 15) is 9.59 Å². The van der Waals surface area contributed by atoms with E-state index in [-0.39, 0.29) is 11.8 Å². The number of amides is 2. The molecule has 3 aliphatic rings. The Balaban J connectivity index is 1.08. The Labute approximate surface area is 227 Å². The second kappa shape index (κ2) is 11.2. The molecule has 4 heterocycles. The monoisotopic (exact) mass is 540 g/mol. The van der Waals surface area contributed by atoms with Crippen molar-refractivity contribution in [2.24, 2.45) is 5.16 Å². The van der Waals surface area contributed by atoms with Crippen LogP contribution in [-0.2, 0) is 14.5 Å². The van der Waals surface area contributed by atoms with E-state index in [2.05, 4.69) is 34.2 Å². The maximum atomic E-state index is 13.2. The third-order valence-electron chi connectivity index (χ3n) is 7.36. The van der Waals surface area contributed by atoms with Crippen LogP contribution in [-0.4, -0.2) is 77.5 Å². The van der Waals surface area contributed by atoms with E-state index in [1.165, 1.54) is 0 Å². The molecule has 0 saturated carbocycles. The number of piperidine rings is 1. The minimum Gasteiger partial charge on any atom is -0.388 e. The van der Waals surface area contributed by atoms with Gasteiger partial charge in [0.2, 0.25) is 0 Å². The van der Waals surface area contributed by atoms with E-state index in [1.807, 2.05) is 35.2 Å². The zero-order valence-corrected chi connectivity index (χ0v) is 22.5. The summed E-state index contributed by atoms with van der Waals surface area (Å²) in [6, 6.07) is 11.3. The lowest BCUT2D eigenvalue weighted by atomic mass is 9.87. The number of hydrogen-bond donors (Lipinski definition) is 1. The second-order valence-electron chi connectivity index (χ2n) is 10.3. The smallest absolute Gasteiger partial charge is 0.388 e. The van der Waals surface area contributed by atoms with Gasteiger partial charge < -0.3 is 19.5 Å². The predicted molar refractivity (Wildman–Crippen MR) is 145 cm³/mol. The fraction of sp³-hybridized carbons (Fsp3) is 0.481. The van der Waals surface area contributed by atoms with Crippen LogP contribution in [0, 0.1) is 0 Å². The fourth-order valence-corrected chi connectivity index (χ4v) is 5.41. The van der Waals surface area contributed by atoms with Gasteiger partial charge in [-0.15, -0.1) is 5.06 Å². The summed E-state index contributed by atoms with van der Waals surface area (Å²) in [4.78, 5) is 45.3. The number of carbonyl (C=O) groups excluding carboxylic acids is 2. The third kappa shape index (κ3) is 5.71. The van der Waals surface area contributed by atoms with Gasteiger partial charge in [-0.25, -0.2) is 9.78 Å². The summed E-state index contributed by atoms with van der Waals surface area (Å²) in [6.45, 7) is 7.59. The van der Waals surface area contributed by atoms with Crippen molar-refractivity contribution < 1.29 is 19.3 Å². The second-order valence-corrected chi connectivity index (χ2v) is 10.7. The van der Waals surface area contributed by atoms with Crippen LogP contribution in [0.2, 0.25) is 5.02 Å². The van der Waals surface area contributed by atoms with Gasteiger partial charge in [-0.1, -0.05) is 48.8 Å². The first-order valence-electron chi connectivity index (χ1n) is 13.1. The summed E-state index contributed by atoms with van der Waals surface area (Å²) in [5.41, 5.74) is 1.72. The molecule has 11 heteroatoms. The van der Waals surface area contributed by atoms with Gasteiger partial charge in [-0.2, -0.15) is 0 Å². The summed E-state index contributed by atoms with van der Waals surface area (Å²) in [6.07, 6.45) is 2.88. The first-order chi connectivity index (χ1) is 18.3. The van der Waals surface area contributed by atoms with Crippen LogP contribution in [0.25, 0.3) is 0 Å². The maximum absolute atomic E-state index is 13.2. The molecule has 1 spiro atoms. The van der Waals surface area contributed by atoms with Gasteiger partial charge >= 0.3 is 6.09 Å². The highest BCUT2D eigenvalue weighted by Crippen LogP contribution is 2.35. The first-order valence-corrected chi connectivity index (χ1v) is 13.4. The summed E-state index contributed by atoms with van der Waals surface area (Å²) in [5, 5.41) is 9.29. The summed E-state index contributed by atoms with van der Waals surface area (Å²) < 4.78 is 0. The topological polar surface area (TPSA) is 99.6 Å². The van der Waals surface area contributed by atoms with Gasteiger partial charge in [-0.3, -0.25) is 10.1 Å². The molecule has 2 fully saturated rings. The molecule has 1 N–H and O–H groups in total. The average molecular weight is 541 g/mol. The van der Waals surface area contributed by atoms with Crippen LogP contribution in [0.4, 0.5) is 16.3 Å². The highest BCUT2D eigenvalue weighted by molar-refractivity contribution is 6.39. The molecule has 10 nitrogen and oxygen atoms in total. The molecule has 0 unspecified atom stereocenters. The van der Waals surface area contributed by atoms with Gasteiger partial charge in [0.1, 0.15) is 17.1 Å². The largest absolute Gasteiger partial charge is 0.430 e. The quantitative estimate of drug-likeness (QED) is 0.604. The molecular formula is C27H33ClN6O4. The number of halogens is 1. The molecule has 0 aliphatic carbocycles. The number of para-hydroxylation sites is 1. The zero-order chi connectivity index (χ0) is 26.7. The number of nitrogens with zero attached hydrogens (tertiary/aromatic N) is 5. The van der Waals surface area contributed by atoms with Crippen molar-refractivity contribution in [3.05, 3.63) is 53.2 Å². The van der Waals surface area contributed by atoms with Crippen molar-refractivity contribution in [1.29, 1.82) is 0 Å². The summed E-state index contributed by atoms with van der Waals surface area (Å²) in [5.74, 6) is 0.935. The van der Waals surface area contributed by atoms with E-state index in [0.717, 1.165) is 17.1 Å². The van der Waals surface area contributed by atoms with Gasteiger partial charge in [0, 0.05) is 70.4 Å². The highest BCUT2D eigenvalue weighted by Gasteiger charge is 2.45. The van der Waals surface area contributed by atoms with Gasteiger partial charge in [0.25, 0.3) is 5.91 Å². The van der Waals surface area contributed by atoms with E-state index >= 15 is 0 Å². The Hall–Kier alpha value is -3.37. The van der Waals surface area contributed by atoms with Crippen molar-refractivity contribution in [3.8, 4) is 0 Å². The molecule has 0 radical (unpaired) electrons. The molecule has 2 saturated heterocycles. The van der Waals surface area contributed by atoms with Crippen molar-refractivity contribution in [2.75, 3.05) is 49.5 Å². The van der Waals surface area contributed by atoms with Crippen LogP contribution in [0.3, 0.4) is 0 Å². The van der Waals surface area contributed by atoms with E-state index in [0.29, 0.717) is 69.3 Å². The minimum absolute atomic E-state index is 0.0875. The number of benzene rings is 1. The van der Waals surface area contributed by atoms with Gasteiger partial charge in [0.15, 0.2) is 0 Å². The van der Waals surface area contributed by atoms with Gasteiger partial charge in [0.05, 0.1) is 5.02 Å². The molecule has 2 amide bonds. The molecular weight excluding hydrogens is 508 g/mol. The molecule has 5 rings (SSSR count). The Bertz CT molecular complexity index is 1210. The number of aromatic nitrogens is 1. The SMILES string of the molecule is CC(C)c1ccccc1NC(=O)ON1CCC2(CC1)CC(C(=O)N1CCN(c3ncccc3Cl)CC1)=NO2. The summed E-state index contributed by atoms with van der Waals surface area (Å²) in [7, 11) is 0. The number of piperazine rings is 1. The van der Waals surface area contributed by atoms with Crippen LogP contribution in [0.1, 0.15) is 44.6 Å². The van der Waals surface area contributed by atoms with E-state index < -0.39 is 11.7 Å². The number of oxime groups is 1. The predicted octanol–water partition coefficient (Wildman–Crippen LogP) is 4.28. The molecule has 0 atom stereocenters. The number of rotatable bonds is 5. The van der Waals surface area contributed by atoms with Crippen molar-refractivity contribution >= 4 is 40.8 Å². The Morgan fingerprint density at radius 3 is 2.50 bits per heavy atom. The average Bonchev–Trinajstić information content (AvgIpc) is 3.34. The molecule has 1 aromatic heterocycles. The van der Waals surface area contributed by atoms with E-state index in [4.69, 9.17) is 21.3 Å². The number of hydroxylamine groups is 2. The first kappa shape index (κ1) is 26.2. The van der Waals surface area contributed by atoms with Crippen LogP contribution in [0.15, 0.2) is 47.8 Å². The Morgan fingerprint density at radius 2 is 1.79 bits per heavy atom. The van der Waals surface area contributed by atoms with Gasteiger partial charge in [-0.05, 0) is 29.7 Å². The third-order valence-corrected chi connectivity index (χ3v) is 7.65. The molecule has 1 aromatic carbocycles. The minimum atomic E-state index is -0.533. The van der Waals surface area contributed by atoms with Crippen LogP contribution in [0.5, 0.6) is 0 Å². The van der Waals surface area contributed by atoms with Crippen molar-refractivity contribution in [3.63, 3.8) is 0 Å². The molecule has 2 aromatic rings. The normalized spacial score (nSPS) is 19.3. The Kier molecular flexibility index (Phi) is 7.71. The number of anilines is 2.